The summed E-state index contributed by atoms with van der Waals surface area (Å²) in [7, 11) is -5.37. The first kappa shape index (κ1) is 25.6. The molecular formula is C31H37O3PS. The predicted octanol–water partition coefficient (Wildman–Crippen LogP) is 7.66. The zero-order chi connectivity index (χ0) is 25.0. The quantitative estimate of drug-likeness (QED) is 0.257. The Labute approximate surface area is 217 Å². The van der Waals surface area contributed by atoms with E-state index in [2.05, 4.69) is 48.5 Å². The van der Waals surface area contributed by atoms with E-state index in [0.29, 0.717) is 11.8 Å². The second-order valence-corrected chi connectivity index (χ2v) is 14.0. The molecule has 36 heavy (non-hydrogen) atoms. The predicted molar refractivity (Wildman–Crippen MR) is 151 cm³/mol. The van der Waals surface area contributed by atoms with Gasteiger partial charge in [0.25, 0.3) is 10.1 Å². The molecule has 0 amide bonds. The van der Waals surface area contributed by atoms with Gasteiger partial charge in [0.05, 0.1) is 0 Å². The fourth-order valence-corrected chi connectivity index (χ4v) is 10.3. The van der Waals surface area contributed by atoms with Crippen LogP contribution in [0.15, 0.2) is 77.7 Å². The molecule has 3 aromatic carbocycles. The van der Waals surface area contributed by atoms with Crippen molar-refractivity contribution in [2.75, 3.05) is 0 Å². The molecule has 0 aromatic heterocycles. The third-order valence-electron chi connectivity index (χ3n) is 8.14. The third kappa shape index (κ3) is 5.77. The van der Waals surface area contributed by atoms with Crippen LogP contribution in [-0.4, -0.2) is 13.0 Å². The molecule has 5 rings (SSSR count). The first-order valence-electron chi connectivity index (χ1n) is 13.5. The second kappa shape index (κ2) is 11.6. The van der Waals surface area contributed by atoms with Crippen LogP contribution in [0.25, 0.3) is 0 Å². The molecule has 1 unspecified atom stereocenters. The van der Waals surface area contributed by atoms with Crippen LogP contribution in [0.5, 0.6) is 0 Å². The number of hydrogen-bond donors (Lipinski definition) is 1. The van der Waals surface area contributed by atoms with Gasteiger partial charge in [-0.15, -0.1) is 0 Å². The van der Waals surface area contributed by atoms with E-state index in [1.807, 2.05) is 12.1 Å². The fourth-order valence-electron chi connectivity index (χ4n) is 6.35. The van der Waals surface area contributed by atoms with E-state index in [1.54, 1.807) is 12.1 Å². The second-order valence-electron chi connectivity index (χ2n) is 10.5. The summed E-state index contributed by atoms with van der Waals surface area (Å²) in [4.78, 5) is 0.0599. The van der Waals surface area contributed by atoms with Crippen LogP contribution in [0, 0.1) is 0 Å². The van der Waals surface area contributed by atoms with Crippen molar-refractivity contribution < 1.29 is 13.0 Å². The fraction of sp³-hybridized carbons (Fsp3) is 0.419. The smallest absolute Gasteiger partial charge is 0.282 e. The molecule has 0 saturated heterocycles. The van der Waals surface area contributed by atoms with Crippen molar-refractivity contribution in [3.63, 3.8) is 0 Å². The van der Waals surface area contributed by atoms with Gasteiger partial charge in [-0.2, -0.15) is 8.42 Å². The first-order chi connectivity index (χ1) is 17.5. The number of benzene rings is 3. The van der Waals surface area contributed by atoms with Crippen LogP contribution in [0.4, 0.5) is 0 Å². The molecule has 3 aromatic rings. The highest BCUT2D eigenvalue weighted by Crippen LogP contribution is 2.46. The van der Waals surface area contributed by atoms with Gasteiger partial charge in [0.2, 0.25) is 0 Å². The molecule has 0 heterocycles. The van der Waals surface area contributed by atoms with Crippen LogP contribution in [0.3, 0.4) is 0 Å². The molecule has 2 aliphatic carbocycles. The van der Waals surface area contributed by atoms with Crippen molar-refractivity contribution in [1.82, 2.24) is 0 Å². The van der Waals surface area contributed by atoms with Crippen LogP contribution >= 0.6 is 7.92 Å². The van der Waals surface area contributed by atoms with E-state index in [-0.39, 0.29) is 4.90 Å². The molecule has 1 N–H and O–H groups in total. The van der Waals surface area contributed by atoms with Gasteiger partial charge in [0.15, 0.2) is 0 Å². The summed E-state index contributed by atoms with van der Waals surface area (Å²) in [6, 6.07) is 24.6. The van der Waals surface area contributed by atoms with Crippen molar-refractivity contribution in [1.29, 1.82) is 0 Å². The van der Waals surface area contributed by atoms with Gasteiger partial charge in [0.1, 0.15) is 4.90 Å². The SMILES string of the molecule is O=S(=O)(O)c1ccccc1P(Cc1ccccc1C1CCCCC1)c1ccccc1C1CCCCC1. The molecular weight excluding hydrogens is 483 g/mol. The Balaban J connectivity index is 1.64. The molecule has 190 valence electrons. The Morgan fingerprint density at radius 1 is 0.639 bits per heavy atom. The Bertz CT molecular complexity index is 1270. The summed E-state index contributed by atoms with van der Waals surface area (Å²) in [6.07, 6.45) is 13.3. The molecule has 0 aliphatic heterocycles. The van der Waals surface area contributed by atoms with Gasteiger partial charge >= 0.3 is 0 Å². The average molecular weight is 521 g/mol. The van der Waals surface area contributed by atoms with Crippen LogP contribution in [0.2, 0.25) is 0 Å². The van der Waals surface area contributed by atoms with Crippen molar-refractivity contribution in [2.45, 2.75) is 87.1 Å². The standard InChI is InChI=1S/C31H37O3PS/c32-36(33,34)31-22-12-11-21-30(31)35(29-20-10-9-19-28(29)25-15-5-2-6-16-25)23-26-17-7-8-18-27(26)24-13-3-1-4-14-24/h7-12,17-22,24-25H,1-6,13-16,23H2,(H,32,33,34). The van der Waals surface area contributed by atoms with Gasteiger partial charge in [-0.05, 0) is 73.5 Å². The molecule has 2 aliphatic rings. The minimum atomic E-state index is -4.33. The lowest BCUT2D eigenvalue weighted by Gasteiger charge is -2.30. The number of rotatable bonds is 7. The van der Waals surface area contributed by atoms with Crippen molar-refractivity contribution >= 4 is 28.6 Å². The van der Waals surface area contributed by atoms with Gasteiger partial charge in [-0.25, -0.2) is 0 Å². The van der Waals surface area contributed by atoms with Crippen molar-refractivity contribution in [2.24, 2.45) is 0 Å². The summed E-state index contributed by atoms with van der Waals surface area (Å²) in [5.74, 6) is 1.10. The van der Waals surface area contributed by atoms with E-state index >= 15 is 0 Å². The summed E-state index contributed by atoms with van der Waals surface area (Å²) in [5.41, 5.74) is 4.15. The van der Waals surface area contributed by atoms with Crippen LogP contribution < -0.4 is 10.6 Å². The van der Waals surface area contributed by atoms with E-state index < -0.39 is 18.0 Å². The van der Waals surface area contributed by atoms with Crippen LogP contribution in [-0.2, 0) is 16.3 Å². The number of hydrogen-bond acceptors (Lipinski definition) is 2. The molecule has 5 heteroatoms. The Morgan fingerprint density at radius 2 is 1.14 bits per heavy atom. The topological polar surface area (TPSA) is 54.4 Å². The minimum absolute atomic E-state index is 0.0599. The molecule has 0 radical (unpaired) electrons. The third-order valence-corrected chi connectivity index (χ3v) is 11.8. The van der Waals surface area contributed by atoms with E-state index in [4.69, 9.17) is 0 Å². The largest absolute Gasteiger partial charge is 0.295 e. The Kier molecular flexibility index (Phi) is 8.25. The van der Waals surface area contributed by atoms with Gasteiger partial charge in [0, 0.05) is 11.5 Å². The van der Waals surface area contributed by atoms with Crippen molar-refractivity contribution in [3.8, 4) is 0 Å². The maximum atomic E-state index is 12.5. The van der Waals surface area contributed by atoms with E-state index in [9.17, 15) is 13.0 Å². The van der Waals surface area contributed by atoms with E-state index in [0.717, 1.165) is 11.5 Å². The lowest BCUT2D eigenvalue weighted by atomic mass is 9.82. The maximum Gasteiger partial charge on any atom is 0.295 e. The molecule has 0 bridgehead atoms. The highest BCUT2D eigenvalue weighted by molar-refractivity contribution is 7.87. The zero-order valence-corrected chi connectivity index (χ0v) is 22.7. The highest BCUT2D eigenvalue weighted by Gasteiger charge is 2.29. The molecule has 1 atom stereocenters. The van der Waals surface area contributed by atoms with Crippen LogP contribution in [0.1, 0.15) is 92.7 Å². The van der Waals surface area contributed by atoms with E-state index in [1.165, 1.54) is 86.2 Å². The first-order valence-corrected chi connectivity index (χ1v) is 16.5. The zero-order valence-electron chi connectivity index (χ0n) is 21.0. The normalized spacial score (nSPS) is 18.7. The lowest BCUT2D eigenvalue weighted by Crippen LogP contribution is -2.24. The minimum Gasteiger partial charge on any atom is -0.282 e. The molecule has 2 fully saturated rings. The Morgan fingerprint density at radius 3 is 1.78 bits per heavy atom. The summed E-state index contributed by atoms with van der Waals surface area (Å²) >= 11 is 0. The summed E-state index contributed by atoms with van der Waals surface area (Å²) < 4.78 is 35.2. The Hall–Kier alpha value is -2.00. The molecule has 2 saturated carbocycles. The maximum absolute atomic E-state index is 12.5. The molecule has 0 spiro atoms. The molecule has 3 nitrogen and oxygen atoms in total. The average Bonchev–Trinajstić information content (AvgIpc) is 2.92. The summed E-state index contributed by atoms with van der Waals surface area (Å²) in [6.45, 7) is 0. The van der Waals surface area contributed by atoms with Crippen molar-refractivity contribution in [3.05, 3.63) is 89.5 Å². The van der Waals surface area contributed by atoms with Gasteiger partial charge in [-0.3, -0.25) is 4.55 Å². The highest BCUT2D eigenvalue weighted by atomic mass is 32.2. The monoisotopic (exact) mass is 520 g/mol. The van der Waals surface area contributed by atoms with Gasteiger partial charge < -0.3 is 0 Å². The van der Waals surface area contributed by atoms with Gasteiger partial charge in [-0.1, -0.05) is 105 Å². The lowest BCUT2D eigenvalue weighted by molar-refractivity contribution is 0.442. The summed E-state index contributed by atoms with van der Waals surface area (Å²) in [5, 5.41) is 2.03.